The summed E-state index contributed by atoms with van der Waals surface area (Å²) in [7, 11) is 1.37. The summed E-state index contributed by atoms with van der Waals surface area (Å²) in [6.07, 6.45) is 0.874. The predicted molar refractivity (Wildman–Crippen MR) is 159 cm³/mol. The molecule has 2 unspecified atom stereocenters. The Labute approximate surface area is 261 Å². The molecule has 2 bridgehead atoms. The summed E-state index contributed by atoms with van der Waals surface area (Å²) < 4.78 is 62.6. The molecule has 6 rings (SSSR count). The fourth-order valence-corrected chi connectivity index (χ4v) is 6.72. The Bertz CT molecular complexity index is 1730. The molecule has 3 aromatic rings. The molecular formula is C34H30F4N2O6. The second-order valence-corrected chi connectivity index (χ2v) is 11.8. The highest BCUT2D eigenvalue weighted by molar-refractivity contribution is 6.00. The number of carboxylic acid groups (broad SMARTS) is 1. The molecule has 0 radical (unpaired) electrons. The van der Waals surface area contributed by atoms with Gasteiger partial charge in [-0.05, 0) is 85.5 Å². The lowest BCUT2D eigenvalue weighted by molar-refractivity contribution is -0.274. The Balaban J connectivity index is 1.30. The molecule has 12 heteroatoms. The van der Waals surface area contributed by atoms with Gasteiger partial charge in [0.1, 0.15) is 17.3 Å². The van der Waals surface area contributed by atoms with Gasteiger partial charge in [0.2, 0.25) is 5.91 Å². The number of halogens is 4. The van der Waals surface area contributed by atoms with Crippen molar-refractivity contribution in [3.8, 4) is 22.6 Å². The average Bonchev–Trinajstić information content (AvgIpc) is 3.68. The normalized spacial score (nSPS) is 22.8. The van der Waals surface area contributed by atoms with Crippen LogP contribution in [0.5, 0.6) is 11.5 Å². The number of anilines is 1. The maximum atomic E-state index is 14.8. The maximum absolute atomic E-state index is 14.8. The smallest absolute Gasteiger partial charge is 0.496 e. The van der Waals surface area contributed by atoms with E-state index in [1.807, 2.05) is 0 Å². The molecule has 3 aliphatic rings. The zero-order valence-electron chi connectivity index (χ0n) is 24.6. The minimum absolute atomic E-state index is 0.0137. The van der Waals surface area contributed by atoms with Crippen LogP contribution in [0.4, 0.5) is 23.2 Å². The molecule has 0 aliphatic heterocycles. The van der Waals surface area contributed by atoms with Gasteiger partial charge in [0.05, 0.1) is 24.2 Å². The number of allylic oxidation sites excluding steroid dienone is 1. The van der Waals surface area contributed by atoms with Crippen molar-refractivity contribution >= 4 is 23.5 Å². The molecular weight excluding hydrogens is 608 g/mol. The third-order valence-corrected chi connectivity index (χ3v) is 8.85. The Morgan fingerprint density at radius 1 is 0.957 bits per heavy atom. The lowest BCUT2D eigenvalue weighted by Gasteiger charge is -2.30. The van der Waals surface area contributed by atoms with Crippen LogP contribution in [0, 0.1) is 29.5 Å². The summed E-state index contributed by atoms with van der Waals surface area (Å²) in [4.78, 5) is 39.2. The Morgan fingerprint density at radius 3 is 2.41 bits per heavy atom. The van der Waals surface area contributed by atoms with E-state index < -0.39 is 47.7 Å². The number of rotatable bonds is 9. The van der Waals surface area contributed by atoms with E-state index in [0.29, 0.717) is 5.92 Å². The van der Waals surface area contributed by atoms with Gasteiger partial charge < -0.3 is 25.2 Å². The molecule has 240 valence electrons. The average molecular weight is 639 g/mol. The Kier molecular flexibility index (Phi) is 8.22. The molecule has 0 spiro atoms. The Hall–Kier alpha value is -4.87. The molecule has 2 amide bonds. The van der Waals surface area contributed by atoms with E-state index in [-0.39, 0.29) is 45.5 Å². The first-order valence-corrected chi connectivity index (χ1v) is 14.8. The first-order chi connectivity index (χ1) is 21.9. The fourth-order valence-electron chi connectivity index (χ4n) is 6.72. The number of methoxy groups -OCH3 is 1. The minimum atomic E-state index is -4.89. The number of carbonyl (C=O) groups excluding carboxylic acids is 2. The largest absolute Gasteiger partial charge is 0.573 e. The third-order valence-electron chi connectivity index (χ3n) is 8.85. The molecule has 0 heterocycles. The molecule has 3 aromatic carbocycles. The second kappa shape index (κ2) is 12.1. The summed E-state index contributed by atoms with van der Waals surface area (Å²) in [5.74, 6) is -3.79. The van der Waals surface area contributed by atoms with Gasteiger partial charge in [0.15, 0.2) is 0 Å². The monoisotopic (exact) mass is 638 g/mol. The standard InChI is InChI=1S/C34H30F4N2O6/c1-45-28-12-8-18(24-15-19(33(43)44)7-11-27(24)35)14-26(28)31(41)40-30-23-10-9-22(25(23)13-17-5-6-17)29(30)32(42)39-20-3-2-4-21(16-20)46-34(36,37)38/h2-4,7-8,11-17,22-23,29-30H,5-6,9-10H2,1H3,(H,39,42)(H,40,41)(H,43,44)/b25-13-/t22?,23?,29-,30+/m0/s1. The first-order valence-electron chi connectivity index (χ1n) is 14.8. The number of hydrogen-bond donors (Lipinski definition) is 3. The summed E-state index contributed by atoms with van der Waals surface area (Å²) in [5.41, 5.74) is 1.40. The number of amides is 2. The van der Waals surface area contributed by atoms with Gasteiger partial charge in [-0.3, -0.25) is 9.59 Å². The number of alkyl halides is 3. The molecule has 46 heavy (non-hydrogen) atoms. The van der Waals surface area contributed by atoms with Crippen LogP contribution in [-0.2, 0) is 4.79 Å². The van der Waals surface area contributed by atoms with Crippen LogP contribution in [0.3, 0.4) is 0 Å². The number of fused-ring (bicyclic) bond motifs is 2. The lowest BCUT2D eigenvalue weighted by atomic mass is 9.83. The van der Waals surface area contributed by atoms with Crippen molar-refractivity contribution < 1.29 is 46.5 Å². The van der Waals surface area contributed by atoms with Crippen molar-refractivity contribution in [3.05, 3.63) is 89.3 Å². The summed E-state index contributed by atoms with van der Waals surface area (Å²) >= 11 is 0. The van der Waals surface area contributed by atoms with Gasteiger partial charge in [-0.1, -0.05) is 23.8 Å². The molecule has 8 nitrogen and oxygen atoms in total. The molecule has 0 saturated heterocycles. The highest BCUT2D eigenvalue weighted by atomic mass is 19.4. The van der Waals surface area contributed by atoms with Crippen LogP contribution in [0.15, 0.2) is 72.3 Å². The number of hydrogen-bond acceptors (Lipinski definition) is 5. The topological polar surface area (TPSA) is 114 Å². The van der Waals surface area contributed by atoms with Crippen LogP contribution < -0.4 is 20.1 Å². The first kappa shape index (κ1) is 31.1. The van der Waals surface area contributed by atoms with E-state index in [4.69, 9.17) is 4.74 Å². The SMILES string of the molecule is COc1ccc(-c2cc(C(=O)O)ccc2F)cc1C(=O)N[C@@H]1C2CCC(/C2=C/C2CC2)[C@@H]1C(=O)Nc1cccc(OC(F)(F)F)c1. The van der Waals surface area contributed by atoms with Gasteiger partial charge in [0, 0.05) is 29.3 Å². The molecule has 3 N–H and O–H groups in total. The van der Waals surface area contributed by atoms with Crippen LogP contribution in [0.1, 0.15) is 46.4 Å². The molecule has 3 fully saturated rings. The summed E-state index contributed by atoms with van der Waals surface area (Å²) in [6, 6.07) is 12.1. The van der Waals surface area contributed by atoms with Crippen molar-refractivity contribution in [2.75, 3.05) is 12.4 Å². The lowest BCUT2D eigenvalue weighted by Crippen LogP contribution is -2.48. The van der Waals surface area contributed by atoms with E-state index in [9.17, 15) is 37.1 Å². The minimum Gasteiger partial charge on any atom is -0.496 e. The van der Waals surface area contributed by atoms with Crippen molar-refractivity contribution in [2.24, 2.45) is 23.7 Å². The van der Waals surface area contributed by atoms with Crippen molar-refractivity contribution in [1.29, 1.82) is 0 Å². The zero-order chi connectivity index (χ0) is 32.7. The van der Waals surface area contributed by atoms with E-state index in [2.05, 4.69) is 21.4 Å². The van der Waals surface area contributed by atoms with Gasteiger partial charge in [-0.2, -0.15) is 0 Å². The number of ether oxygens (including phenoxy) is 2. The van der Waals surface area contributed by atoms with E-state index in [1.165, 1.54) is 43.5 Å². The molecule has 4 atom stereocenters. The van der Waals surface area contributed by atoms with Gasteiger partial charge >= 0.3 is 12.3 Å². The third kappa shape index (κ3) is 6.42. The fraction of sp³-hybridized carbons (Fsp3) is 0.324. The zero-order valence-corrected chi connectivity index (χ0v) is 24.6. The number of carbonyl (C=O) groups is 3. The number of carboxylic acids is 1. The maximum Gasteiger partial charge on any atom is 0.573 e. The summed E-state index contributed by atoms with van der Waals surface area (Å²) in [6.45, 7) is 0. The van der Waals surface area contributed by atoms with Gasteiger partial charge in [0.25, 0.3) is 5.91 Å². The van der Waals surface area contributed by atoms with Crippen LogP contribution >= 0.6 is 0 Å². The van der Waals surface area contributed by atoms with Crippen molar-refractivity contribution in [2.45, 2.75) is 38.1 Å². The number of nitrogens with one attached hydrogen (secondary N) is 2. The molecule has 3 saturated carbocycles. The van der Waals surface area contributed by atoms with Crippen molar-refractivity contribution in [1.82, 2.24) is 5.32 Å². The number of aromatic carboxylic acids is 1. The van der Waals surface area contributed by atoms with Crippen LogP contribution in [0.2, 0.25) is 0 Å². The van der Waals surface area contributed by atoms with Gasteiger partial charge in [-0.15, -0.1) is 13.2 Å². The Morgan fingerprint density at radius 2 is 1.72 bits per heavy atom. The van der Waals surface area contributed by atoms with E-state index in [1.54, 1.807) is 0 Å². The van der Waals surface area contributed by atoms with Gasteiger partial charge in [-0.25, -0.2) is 9.18 Å². The van der Waals surface area contributed by atoms with Crippen molar-refractivity contribution in [3.63, 3.8) is 0 Å². The highest BCUT2D eigenvalue weighted by Gasteiger charge is 2.55. The number of benzene rings is 3. The second-order valence-electron chi connectivity index (χ2n) is 11.8. The summed E-state index contributed by atoms with van der Waals surface area (Å²) in [5, 5.41) is 15.1. The molecule has 3 aliphatic carbocycles. The van der Waals surface area contributed by atoms with E-state index in [0.717, 1.165) is 55.5 Å². The van der Waals surface area contributed by atoms with Crippen LogP contribution in [-0.4, -0.2) is 42.4 Å². The van der Waals surface area contributed by atoms with Crippen LogP contribution in [0.25, 0.3) is 11.1 Å². The quantitative estimate of drug-likeness (QED) is 0.175. The van der Waals surface area contributed by atoms with E-state index >= 15 is 0 Å². The molecule has 0 aromatic heterocycles. The highest BCUT2D eigenvalue weighted by Crippen LogP contribution is 2.54. The predicted octanol–water partition coefficient (Wildman–Crippen LogP) is 6.83.